The van der Waals surface area contributed by atoms with E-state index in [1.807, 2.05) is 6.92 Å². The number of aliphatic hydroxyl groups is 1. The summed E-state index contributed by atoms with van der Waals surface area (Å²) in [7, 11) is 0. The second kappa shape index (κ2) is 5.70. The molecule has 1 atom stereocenters. The van der Waals surface area contributed by atoms with Gasteiger partial charge in [-0.2, -0.15) is 0 Å². The molecule has 1 fully saturated rings. The Morgan fingerprint density at radius 1 is 1.44 bits per heavy atom. The van der Waals surface area contributed by atoms with Gasteiger partial charge in [-0.3, -0.25) is 0 Å². The standard InChI is InChI=1S/C15H24N2O/c1-4-5-13-6-7-17(9-13)15-14(10-18)11(2)8-12(3)16-15/h8,13,18H,4-7,9-10H2,1-3H3. The van der Waals surface area contributed by atoms with Crippen LogP contribution in [0.25, 0.3) is 0 Å². The third kappa shape index (κ3) is 2.66. The van der Waals surface area contributed by atoms with E-state index >= 15 is 0 Å². The molecule has 3 nitrogen and oxygen atoms in total. The summed E-state index contributed by atoms with van der Waals surface area (Å²) in [4.78, 5) is 7.00. The van der Waals surface area contributed by atoms with E-state index in [9.17, 15) is 5.11 Å². The first-order chi connectivity index (χ1) is 8.65. The Bertz CT molecular complexity index is 417. The summed E-state index contributed by atoms with van der Waals surface area (Å²) in [6.07, 6.45) is 3.81. The zero-order chi connectivity index (χ0) is 13.1. The largest absolute Gasteiger partial charge is 0.392 e. The van der Waals surface area contributed by atoms with E-state index in [0.29, 0.717) is 0 Å². The Hall–Kier alpha value is -1.09. The van der Waals surface area contributed by atoms with Gasteiger partial charge in [0.05, 0.1) is 6.61 Å². The molecular formula is C15H24N2O. The number of pyridine rings is 1. The molecule has 100 valence electrons. The topological polar surface area (TPSA) is 36.4 Å². The third-order valence-corrected chi connectivity index (χ3v) is 3.89. The fraction of sp³-hybridized carbons (Fsp3) is 0.667. The van der Waals surface area contributed by atoms with E-state index in [2.05, 4.69) is 29.8 Å². The lowest BCUT2D eigenvalue weighted by molar-refractivity contribution is 0.281. The molecule has 1 aliphatic heterocycles. The van der Waals surface area contributed by atoms with Gasteiger partial charge in [-0.15, -0.1) is 0 Å². The summed E-state index contributed by atoms with van der Waals surface area (Å²) >= 11 is 0. The van der Waals surface area contributed by atoms with Crippen LogP contribution in [0, 0.1) is 19.8 Å². The summed E-state index contributed by atoms with van der Waals surface area (Å²) in [5.41, 5.74) is 3.19. The second-order valence-electron chi connectivity index (χ2n) is 5.43. The van der Waals surface area contributed by atoms with Crippen LogP contribution in [0.15, 0.2) is 6.07 Å². The Kier molecular flexibility index (Phi) is 4.23. The number of nitrogens with zero attached hydrogens (tertiary/aromatic N) is 2. The van der Waals surface area contributed by atoms with Crippen LogP contribution in [0.2, 0.25) is 0 Å². The molecule has 0 spiro atoms. The van der Waals surface area contributed by atoms with Crippen LogP contribution in [0.3, 0.4) is 0 Å². The highest BCUT2D eigenvalue weighted by molar-refractivity contribution is 5.52. The average molecular weight is 248 g/mol. The van der Waals surface area contributed by atoms with Gasteiger partial charge < -0.3 is 10.0 Å². The van der Waals surface area contributed by atoms with E-state index in [1.54, 1.807) is 0 Å². The van der Waals surface area contributed by atoms with Crippen LogP contribution in [-0.2, 0) is 6.61 Å². The molecule has 1 N–H and O–H groups in total. The van der Waals surface area contributed by atoms with Gasteiger partial charge in [0.1, 0.15) is 5.82 Å². The van der Waals surface area contributed by atoms with Gasteiger partial charge in [0.2, 0.25) is 0 Å². The summed E-state index contributed by atoms with van der Waals surface area (Å²) in [6.45, 7) is 8.59. The fourth-order valence-electron chi connectivity index (χ4n) is 2.97. The maximum Gasteiger partial charge on any atom is 0.134 e. The lowest BCUT2D eigenvalue weighted by atomic mass is 10.0. The van der Waals surface area contributed by atoms with Crippen molar-refractivity contribution in [2.45, 2.75) is 46.6 Å². The number of hydrogen-bond acceptors (Lipinski definition) is 3. The van der Waals surface area contributed by atoms with Crippen molar-refractivity contribution in [3.8, 4) is 0 Å². The summed E-state index contributed by atoms with van der Waals surface area (Å²) < 4.78 is 0. The molecule has 1 aromatic rings. The summed E-state index contributed by atoms with van der Waals surface area (Å²) in [5, 5.41) is 9.55. The Morgan fingerprint density at radius 2 is 2.22 bits per heavy atom. The van der Waals surface area contributed by atoms with Gasteiger partial charge in [-0.1, -0.05) is 13.3 Å². The van der Waals surface area contributed by atoms with Crippen LogP contribution in [0.1, 0.15) is 43.0 Å². The van der Waals surface area contributed by atoms with Crippen molar-refractivity contribution in [3.05, 3.63) is 22.9 Å². The molecule has 2 rings (SSSR count). The van der Waals surface area contributed by atoms with Crippen LogP contribution in [0.4, 0.5) is 5.82 Å². The predicted octanol–water partition coefficient (Wildman–Crippen LogP) is 2.82. The van der Waals surface area contributed by atoms with Crippen molar-refractivity contribution < 1.29 is 5.11 Å². The molecule has 1 aromatic heterocycles. The summed E-state index contributed by atoms with van der Waals surface area (Å²) in [6, 6.07) is 2.05. The first kappa shape index (κ1) is 13.3. The summed E-state index contributed by atoms with van der Waals surface area (Å²) in [5.74, 6) is 1.80. The van der Waals surface area contributed by atoms with Gasteiger partial charge in [0.15, 0.2) is 0 Å². The SMILES string of the molecule is CCCC1CCN(c2nc(C)cc(C)c2CO)C1. The van der Waals surface area contributed by atoms with E-state index < -0.39 is 0 Å². The zero-order valence-corrected chi connectivity index (χ0v) is 11.7. The minimum absolute atomic E-state index is 0.0867. The molecule has 2 heterocycles. The lowest BCUT2D eigenvalue weighted by Gasteiger charge is -2.22. The minimum atomic E-state index is 0.0867. The minimum Gasteiger partial charge on any atom is -0.392 e. The van der Waals surface area contributed by atoms with Gasteiger partial charge in [0.25, 0.3) is 0 Å². The van der Waals surface area contributed by atoms with Gasteiger partial charge in [0, 0.05) is 24.3 Å². The van der Waals surface area contributed by atoms with Crippen molar-refractivity contribution in [3.63, 3.8) is 0 Å². The van der Waals surface area contributed by atoms with Gasteiger partial charge in [-0.25, -0.2) is 4.98 Å². The van der Waals surface area contributed by atoms with Crippen molar-refractivity contribution in [1.29, 1.82) is 0 Å². The van der Waals surface area contributed by atoms with E-state index in [1.165, 1.54) is 19.3 Å². The molecule has 18 heavy (non-hydrogen) atoms. The Morgan fingerprint density at radius 3 is 2.89 bits per heavy atom. The zero-order valence-electron chi connectivity index (χ0n) is 11.7. The van der Waals surface area contributed by atoms with Gasteiger partial charge in [-0.05, 0) is 44.2 Å². The van der Waals surface area contributed by atoms with E-state index in [0.717, 1.165) is 41.6 Å². The molecule has 0 bridgehead atoms. The van der Waals surface area contributed by atoms with Crippen molar-refractivity contribution in [1.82, 2.24) is 4.98 Å². The maximum absolute atomic E-state index is 9.55. The first-order valence-electron chi connectivity index (χ1n) is 6.98. The molecule has 0 radical (unpaired) electrons. The van der Waals surface area contributed by atoms with Crippen LogP contribution in [-0.4, -0.2) is 23.2 Å². The third-order valence-electron chi connectivity index (χ3n) is 3.89. The molecule has 0 aromatic carbocycles. The Balaban J connectivity index is 2.23. The molecule has 1 saturated heterocycles. The number of aromatic nitrogens is 1. The normalized spacial score (nSPS) is 19.6. The molecule has 1 unspecified atom stereocenters. The molecule has 0 aliphatic carbocycles. The van der Waals surface area contributed by atoms with Crippen LogP contribution in [0.5, 0.6) is 0 Å². The number of aliphatic hydroxyl groups excluding tert-OH is 1. The van der Waals surface area contributed by atoms with Crippen LogP contribution >= 0.6 is 0 Å². The fourth-order valence-corrected chi connectivity index (χ4v) is 2.97. The smallest absolute Gasteiger partial charge is 0.134 e. The molecule has 1 aliphatic rings. The highest BCUT2D eigenvalue weighted by atomic mass is 16.3. The van der Waals surface area contributed by atoms with Gasteiger partial charge >= 0.3 is 0 Å². The van der Waals surface area contributed by atoms with E-state index in [-0.39, 0.29) is 6.61 Å². The molecule has 0 amide bonds. The molecule has 3 heteroatoms. The number of anilines is 1. The number of hydrogen-bond donors (Lipinski definition) is 1. The number of aryl methyl sites for hydroxylation is 2. The van der Waals surface area contributed by atoms with E-state index in [4.69, 9.17) is 0 Å². The maximum atomic E-state index is 9.55. The quantitative estimate of drug-likeness (QED) is 0.890. The second-order valence-corrected chi connectivity index (χ2v) is 5.43. The molecular weight excluding hydrogens is 224 g/mol. The highest BCUT2D eigenvalue weighted by Gasteiger charge is 2.25. The lowest BCUT2D eigenvalue weighted by Crippen LogP contribution is -2.23. The van der Waals surface area contributed by atoms with Crippen LogP contribution < -0.4 is 4.90 Å². The highest BCUT2D eigenvalue weighted by Crippen LogP contribution is 2.29. The monoisotopic (exact) mass is 248 g/mol. The van der Waals surface area contributed by atoms with Crippen molar-refractivity contribution >= 4 is 5.82 Å². The Labute approximate surface area is 110 Å². The van der Waals surface area contributed by atoms with Crippen molar-refractivity contribution in [2.75, 3.05) is 18.0 Å². The average Bonchev–Trinajstić information content (AvgIpc) is 2.77. The first-order valence-corrected chi connectivity index (χ1v) is 6.98. The predicted molar refractivity (Wildman–Crippen MR) is 74.9 cm³/mol. The molecule has 0 saturated carbocycles. The number of rotatable bonds is 4. The van der Waals surface area contributed by atoms with Crippen molar-refractivity contribution in [2.24, 2.45) is 5.92 Å².